The largest absolute Gasteiger partial charge is 0.416 e. The summed E-state index contributed by atoms with van der Waals surface area (Å²) in [4.78, 5) is 16.1. The summed E-state index contributed by atoms with van der Waals surface area (Å²) in [6.45, 7) is 5.15. The van der Waals surface area contributed by atoms with Gasteiger partial charge in [0.05, 0.1) is 5.56 Å². The van der Waals surface area contributed by atoms with E-state index in [1.807, 2.05) is 0 Å². The van der Waals surface area contributed by atoms with E-state index in [9.17, 15) is 18.0 Å². The zero-order chi connectivity index (χ0) is 22.9. The molecule has 0 bridgehead atoms. The predicted octanol–water partition coefficient (Wildman–Crippen LogP) is 6.45. The molecule has 7 heteroatoms. The van der Waals surface area contributed by atoms with Crippen molar-refractivity contribution >= 4 is 6.09 Å². The van der Waals surface area contributed by atoms with Gasteiger partial charge in [0.15, 0.2) is 0 Å². The molecular formula is C24H37F3N2O2. The van der Waals surface area contributed by atoms with E-state index in [0.717, 1.165) is 24.5 Å². The Hall–Kier alpha value is -1.76. The van der Waals surface area contributed by atoms with Crippen molar-refractivity contribution in [3.63, 3.8) is 0 Å². The molecule has 0 saturated heterocycles. The smallest absolute Gasteiger partial charge is 0.410 e. The van der Waals surface area contributed by atoms with Crippen LogP contribution in [0, 0.1) is 11.8 Å². The highest BCUT2D eigenvalue weighted by Crippen LogP contribution is 2.33. The van der Waals surface area contributed by atoms with Gasteiger partial charge < -0.3 is 14.5 Å². The lowest BCUT2D eigenvalue weighted by Gasteiger charge is -2.30. The Bertz CT molecular complexity index is 656. The molecule has 1 aromatic carbocycles. The minimum absolute atomic E-state index is 0.120. The SMILES string of the molecule is CCCN(C)CCCC1CCC(CCN(C)C(=O)Oc2ccc(C(F)(F)F)cc2)CC1. The normalized spacial score (nSPS) is 19.5. The van der Waals surface area contributed by atoms with Crippen LogP contribution in [0.25, 0.3) is 0 Å². The number of benzene rings is 1. The summed E-state index contributed by atoms with van der Waals surface area (Å²) < 4.78 is 43.0. The fourth-order valence-electron chi connectivity index (χ4n) is 4.31. The average Bonchev–Trinajstić information content (AvgIpc) is 2.73. The molecule has 0 unspecified atom stereocenters. The summed E-state index contributed by atoms with van der Waals surface area (Å²) >= 11 is 0. The number of amides is 1. The maximum absolute atomic E-state index is 12.6. The molecule has 0 radical (unpaired) electrons. The van der Waals surface area contributed by atoms with Crippen LogP contribution in [0.15, 0.2) is 24.3 Å². The highest BCUT2D eigenvalue weighted by Gasteiger charge is 2.30. The number of nitrogens with zero attached hydrogens (tertiary/aromatic N) is 2. The summed E-state index contributed by atoms with van der Waals surface area (Å²) in [6, 6.07) is 4.19. The number of carbonyl (C=O) groups excluding carboxylic acids is 1. The Kier molecular flexibility index (Phi) is 10.1. The second-order valence-electron chi connectivity index (χ2n) is 8.93. The minimum atomic E-state index is -4.40. The van der Waals surface area contributed by atoms with Gasteiger partial charge in [-0.1, -0.05) is 32.6 Å². The van der Waals surface area contributed by atoms with Crippen molar-refractivity contribution in [1.82, 2.24) is 9.80 Å². The molecule has 1 aromatic rings. The molecule has 1 aliphatic carbocycles. The number of ether oxygens (including phenoxy) is 1. The van der Waals surface area contributed by atoms with Gasteiger partial charge in [-0.25, -0.2) is 4.79 Å². The molecule has 0 N–H and O–H groups in total. The van der Waals surface area contributed by atoms with E-state index in [1.54, 1.807) is 7.05 Å². The molecule has 4 nitrogen and oxygen atoms in total. The van der Waals surface area contributed by atoms with Gasteiger partial charge in [-0.15, -0.1) is 0 Å². The molecular weight excluding hydrogens is 405 g/mol. The fraction of sp³-hybridized carbons (Fsp3) is 0.708. The quantitative estimate of drug-likeness (QED) is 0.417. The lowest BCUT2D eigenvalue weighted by molar-refractivity contribution is -0.137. The molecule has 0 atom stereocenters. The van der Waals surface area contributed by atoms with Gasteiger partial charge in [0, 0.05) is 13.6 Å². The molecule has 1 amide bonds. The first kappa shape index (κ1) is 25.5. The summed E-state index contributed by atoms with van der Waals surface area (Å²) in [5, 5.41) is 0. The highest BCUT2D eigenvalue weighted by molar-refractivity contribution is 5.70. The van der Waals surface area contributed by atoms with Crippen LogP contribution in [0.4, 0.5) is 18.0 Å². The number of rotatable bonds is 10. The van der Waals surface area contributed by atoms with E-state index < -0.39 is 17.8 Å². The monoisotopic (exact) mass is 442 g/mol. The third-order valence-electron chi connectivity index (χ3n) is 6.30. The number of halogens is 3. The first-order valence-electron chi connectivity index (χ1n) is 11.5. The van der Waals surface area contributed by atoms with Crippen LogP contribution in [-0.4, -0.2) is 49.6 Å². The van der Waals surface area contributed by atoms with E-state index in [1.165, 1.54) is 75.1 Å². The summed E-state index contributed by atoms with van der Waals surface area (Å²) in [5.74, 6) is 1.57. The first-order valence-corrected chi connectivity index (χ1v) is 11.5. The Morgan fingerprint density at radius 1 is 0.968 bits per heavy atom. The van der Waals surface area contributed by atoms with Gasteiger partial charge >= 0.3 is 12.3 Å². The second kappa shape index (κ2) is 12.3. The van der Waals surface area contributed by atoms with E-state index in [0.29, 0.717) is 12.5 Å². The number of hydrogen-bond acceptors (Lipinski definition) is 3. The van der Waals surface area contributed by atoms with E-state index >= 15 is 0 Å². The Balaban J connectivity index is 1.64. The minimum Gasteiger partial charge on any atom is -0.410 e. The Morgan fingerprint density at radius 2 is 1.55 bits per heavy atom. The number of alkyl halides is 3. The first-order chi connectivity index (χ1) is 14.7. The van der Waals surface area contributed by atoms with Gasteiger partial charge in [0.25, 0.3) is 0 Å². The van der Waals surface area contributed by atoms with Crippen molar-refractivity contribution in [3.8, 4) is 5.75 Å². The lowest BCUT2D eigenvalue weighted by Crippen LogP contribution is -2.32. The molecule has 1 saturated carbocycles. The van der Waals surface area contributed by atoms with Gasteiger partial charge in [0.2, 0.25) is 0 Å². The highest BCUT2D eigenvalue weighted by atomic mass is 19.4. The van der Waals surface area contributed by atoms with Crippen molar-refractivity contribution in [1.29, 1.82) is 0 Å². The second-order valence-corrected chi connectivity index (χ2v) is 8.93. The van der Waals surface area contributed by atoms with Crippen molar-refractivity contribution in [2.75, 3.05) is 33.7 Å². The van der Waals surface area contributed by atoms with Gasteiger partial charge in [-0.3, -0.25) is 0 Å². The Labute approximate surface area is 184 Å². The van der Waals surface area contributed by atoms with Crippen LogP contribution in [-0.2, 0) is 6.18 Å². The fourth-order valence-corrected chi connectivity index (χ4v) is 4.31. The van der Waals surface area contributed by atoms with Crippen molar-refractivity contribution in [3.05, 3.63) is 29.8 Å². The van der Waals surface area contributed by atoms with Crippen molar-refractivity contribution < 1.29 is 22.7 Å². The summed E-state index contributed by atoms with van der Waals surface area (Å²) in [6.07, 6.45) is 4.72. The van der Waals surface area contributed by atoms with Crippen LogP contribution in [0.2, 0.25) is 0 Å². The van der Waals surface area contributed by atoms with Gasteiger partial charge in [-0.05, 0) is 81.9 Å². The molecule has 176 valence electrons. The van der Waals surface area contributed by atoms with Crippen LogP contribution in [0.5, 0.6) is 5.75 Å². The van der Waals surface area contributed by atoms with Crippen molar-refractivity contribution in [2.45, 2.75) is 64.5 Å². The van der Waals surface area contributed by atoms with E-state index in [4.69, 9.17) is 4.74 Å². The third kappa shape index (κ3) is 9.09. The topological polar surface area (TPSA) is 32.8 Å². The van der Waals surface area contributed by atoms with Gasteiger partial charge in [0.1, 0.15) is 5.75 Å². The Morgan fingerprint density at radius 3 is 2.10 bits per heavy atom. The van der Waals surface area contributed by atoms with Crippen LogP contribution < -0.4 is 4.74 Å². The third-order valence-corrected chi connectivity index (χ3v) is 6.30. The number of hydrogen-bond donors (Lipinski definition) is 0. The molecule has 31 heavy (non-hydrogen) atoms. The maximum atomic E-state index is 12.6. The van der Waals surface area contributed by atoms with Crippen LogP contribution in [0.1, 0.15) is 63.9 Å². The van der Waals surface area contributed by atoms with E-state index in [-0.39, 0.29) is 5.75 Å². The average molecular weight is 443 g/mol. The summed E-state index contributed by atoms with van der Waals surface area (Å²) in [7, 11) is 3.87. The van der Waals surface area contributed by atoms with Crippen LogP contribution in [0.3, 0.4) is 0 Å². The molecule has 1 fully saturated rings. The van der Waals surface area contributed by atoms with Crippen LogP contribution >= 0.6 is 0 Å². The van der Waals surface area contributed by atoms with Gasteiger partial charge in [-0.2, -0.15) is 13.2 Å². The zero-order valence-electron chi connectivity index (χ0n) is 19.1. The molecule has 1 aliphatic rings. The molecule has 0 heterocycles. The predicted molar refractivity (Wildman–Crippen MR) is 117 cm³/mol. The number of carbonyl (C=O) groups is 1. The molecule has 2 rings (SSSR count). The summed E-state index contributed by atoms with van der Waals surface area (Å²) in [5.41, 5.74) is -0.760. The molecule has 0 spiro atoms. The molecule has 0 aromatic heterocycles. The lowest BCUT2D eigenvalue weighted by atomic mass is 9.78. The zero-order valence-corrected chi connectivity index (χ0v) is 19.1. The molecule has 0 aliphatic heterocycles. The van der Waals surface area contributed by atoms with E-state index in [2.05, 4.69) is 18.9 Å². The van der Waals surface area contributed by atoms with Crippen molar-refractivity contribution in [2.24, 2.45) is 11.8 Å². The standard InChI is InChI=1S/C24H37F3N2O2/c1-4-16-28(2)17-5-6-19-7-9-20(10-8-19)15-18-29(3)23(30)31-22-13-11-21(12-14-22)24(25,26)27/h11-14,19-20H,4-10,15-18H2,1-3H3. The maximum Gasteiger partial charge on any atom is 0.416 e.